The first kappa shape index (κ1) is 25.7. The molecule has 4 N–H and O–H groups in total. The molecule has 0 saturated carbocycles. The van der Waals surface area contributed by atoms with Gasteiger partial charge in [-0.3, -0.25) is 9.52 Å². The minimum atomic E-state index is -5.08. The lowest BCUT2D eigenvalue weighted by Gasteiger charge is -2.26. The van der Waals surface area contributed by atoms with Gasteiger partial charge >= 0.3 is 12.1 Å². The van der Waals surface area contributed by atoms with E-state index in [0.29, 0.717) is 24.3 Å². The molecule has 0 atom stereocenters. The number of carbonyl (C=O) groups excluding carboxylic acids is 1. The molecule has 0 aliphatic rings. The van der Waals surface area contributed by atoms with E-state index in [1.54, 1.807) is 36.1 Å². The Morgan fingerprint density at radius 1 is 1.21 bits per heavy atom. The van der Waals surface area contributed by atoms with Crippen molar-refractivity contribution in [2.24, 2.45) is 5.73 Å². The fraction of sp³-hybridized carbons (Fsp3) is 0.500. The maximum atomic E-state index is 12.4. The van der Waals surface area contributed by atoms with Crippen LogP contribution in [0.5, 0.6) is 0 Å². The number of hydrogen-bond acceptors (Lipinski definition) is 5. The van der Waals surface area contributed by atoms with E-state index in [1.165, 1.54) is 0 Å². The zero-order valence-electron chi connectivity index (χ0n) is 15.7. The van der Waals surface area contributed by atoms with E-state index >= 15 is 0 Å². The monoisotopic (exact) mass is 427 g/mol. The maximum Gasteiger partial charge on any atom is 0.490 e. The molecule has 0 unspecified atom stereocenters. The van der Waals surface area contributed by atoms with E-state index < -0.39 is 22.2 Å². The molecule has 8 nitrogen and oxygen atoms in total. The van der Waals surface area contributed by atoms with Crippen molar-refractivity contribution in [2.75, 3.05) is 23.6 Å². The van der Waals surface area contributed by atoms with Crippen molar-refractivity contribution in [3.8, 4) is 0 Å². The molecular formula is C16H24F3N3O5S. The number of sulfonamides is 1. The van der Waals surface area contributed by atoms with Crippen molar-refractivity contribution < 1.29 is 36.3 Å². The van der Waals surface area contributed by atoms with E-state index in [4.69, 9.17) is 15.6 Å². The second-order valence-electron chi connectivity index (χ2n) is 5.77. The van der Waals surface area contributed by atoms with E-state index in [1.807, 2.05) is 13.8 Å². The highest BCUT2D eigenvalue weighted by Crippen LogP contribution is 2.14. The lowest BCUT2D eigenvalue weighted by molar-refractivity contribution is -0.192. The van der Waals surface area contributed by atoms with Gasteiger partial charge in [0.25, 0.3) is 5.91 Å². The quantitative estimate of drug-likeness (QED) is 0.609. The molecule has 0 aliphatic heterocycles. The number of nitrogens with two attached hydrogens (primary N) is 1. The van der Waals surface area contributed by atoms with Crippen LogP contribution in [0.25, 0.3) is 0 Å². The van der Waals surface area contributed by atoms with Crippen molar-refractivity contribution >= 4 is 27.6 Å². The van der Waals surface area contributed by atoms with Gasteiger partial charge in [0, 0.05) is 30.4 Å². The molecule has 160 valence electrons. The molecule has 0 radical (unpaired) electrons. The summed E-state index contributed by atoms with van der Waals surface area (Å²) in [5.74, 6) is -2.86. The summed E-state index contributed by atoms with van der Waals surface area (Å²) in [5.41, 5.74) is 6.48. The molecule has 12 heteroatoms. The minimum absolute atomic E-state index is 0.00527. The molecule has 1 aromatic rings. The smallest absolute Gasteiger partial charge is 0.475 e. The zero-order valence-corrected chi connectivity index (χ0v) is 16.5. The van der Waals surface area contributed by atoms with Crippen LogP contribution in [0.15, 0.2) is 24.3 Å². The number of alkyl halides is 3. The maximum absolute atomic E-state index is 12.4. The van der Waals surface area contributed by atoms with E-state index in [2.05, 4.69) is 4.72 Å². The first-order valence-corrected chi connectivity index (χ1v) is 9.82. The standard InChI is InChI=1S/C14H23N3O3S.C2HF3O2/c1-4-21(19,20)16-13-7-5-12(6-8-13)14(18)17(10-9-15)11(2)3;3-2(4,5)1(6)7/h5-8,11,16H,4,9-10,15H2,1-3H3;(H,6,7). The molecule has 0 heterocycles. The summed E-state index contributed by atoms with van der Waals surface area (Å²) in [4.78, 5) is 22.9. The highest BCUT2D eigenvalue weighted by molar-refractivity contribution is 7.92. The average molecular weight is 427 g/mol. The van der Waals surface area contributed by atoms with Gasteiger partial charge in [0.05, 0.1) is 5.75 Å². The Balaban J connectivity index is 0.000000887. The second kappa shape index (κ2) is 10.9. The number of carboxylic acid groups (broad SMARTS) is 1. The summed E-state index contributed by atoms with van der Waals surface area (Å²) in [7, 11) is -3.31. The van der Waals surface area contributed by atoms with Crippen molar-refractivity contribution in [1.29, 1.82) is 0 Å². The van der Waals surface area contributed by atoms with Gasteiger partial charge < -0.3 is 15.7 Å². The Bertz CT molecular complexity index is 750. The first-order chi connectivity index (χ1) is 12.7. The number of carbonyl (C=O) groups is 2. The summed E-state index contributed by atoms with van der Waals surface area (Å²) < 4.78 is 57.1. The summed E-state index contributed by atoms with van der Waals surface area (Å²) in [6.07, 6.45) is -5.08. The van der Waals surface area contributed by atoms with Crippen LogP contribution in [0.1, 0.15) is 31.1 Å². The Kier molecular flexibility index (Phi) is 9.95. The van der Waals surface area contributed by atoms with Crippen molar-refractivity contribution in [3.63, 3.8) is 0 Å². The molecular weight excluding hydrogens is 403 g/mol. The number of nitrogens with one attached hydrogen (secondary N) is 1. The third kappa shape index (κ3) is 9.04. The summed E-state index contributed by atoms with van der Waals surface area (Å²) in [6.45, 7) is 6.31. The molecule has 1 amide bonds. The van der Waals surface area contributed by atoms with Gasteiger partial charge in [-0.2, -0.15) is 13.2 Å². The molecule has 0 aliphatic carbocycles. The van der Waals surface area contributed by atoms with E-state index in [-0.39, 0.29) is 17.7 Å². The van der Waals surface area contributed by atoms with Gasteiger partial charge in [0.1, 0.15) is 0 Å². The number of nitrogens with zero attached hydrogens (tertiary/aromatic N) is 1. The molecule has 0 spiro atoms. The van der Waals surface area contributed by atoms with Gasteiger partial charge in [-0.25, -0.2) is 13.2 Å². The molecule has 0 aromatic heterocycles. The number of hydrogen-bond donors (Lipinski definition) is 3. The van der Waals surface area contributed by atoms with Crippen molar-refractivity contribution in [1.82, 2.24) is 4.90 Å². The summed E-state index contributed by atoms with van der Waals surface area (Å²) in [5, 5.41) is 7.12. The van der Waals surface area contributed by atoms with Gasteiger partial charge in [-0.15, -0.1) is 0 Å². The van der Waals surface area contributed by atoms with Crippen LogP contribution >= 0.6 is 0 Å². The largest absolute Gasteiger partial charge is 0.490 e. The van der Waals surface area contributed by atoms with Crippen LogP contribution < -0.4 is 10.5 Å². The Labute approximate surface area is 161 Å². The average Bonchev–Trinajstić information content (AvgIpc) is 2.59. The topological polar surface area (TPSA) is 130 Å². The lowest BCUT2D eigenvalue weighted by Crippen LogP contribution is -2.40. The SMILES string of the molecule is CCS(=O)(=O)Nc1ccc(C(=O)N(CCN)C(C)C)cc1.O=C(O)C(F)(F)F. The first-order valence-electron chi connectivity index (χ1n) is 8.16. The van der Waals surface area contributed by atoms with Crippen molar-refractivity contribution in [2.45, 2.75) is 33.0 Å². The number of anilines is 1. The van der Waals surface area contributed by atoms with Gasteiger partial charge in [0.2, 0.25) is 10.0 Å². The van der Waals surface area contributed by atoms with Gasteiger partial charge in [0.15, 0.2) is 0 Å². The van der Waals surface area contributed by atoms with Crippen LogP contribution in [-0.2, 0) is 14.8 Å². The van der Waals surface area contributed by atoms with E-state index in [9.17, 15) is 26.4 Å². The van der Waals surface area contributed by atoms with Crippen LogP contribution in [-0.4, -0.2) is 61.4 Å². The minimum Gasteiger partial charge on any atom is -0.475 e. The molecule has 0 saturated heterocycles. The lowest BCUT2D eigenvalue weighted by atomic mass is 10.1. The Morgan fingerprint density at radius 2 is 1.68 bits per heavy atom. The van der Waals surface area contributed by atoms with Gasteiger partial charge in [-0.05, 0) is 45.0 Å². The second-order valence-corrected chi connectivity index (χ2v) is 7.78. The molecule has 28 heavy (non-hydrogen) atoms. The third-order valence-electron chi connectivity index (χ3n) is 3.28. The normalized spacial score (nSPS) is 11.4. The van der Waals surface area contributed by atoms with Crippen LogP contribution in [0.2, 0.25) is 0 Å². The highest BCUT2D eigenvalue weighted by Gasteiger charge is 2.38. The summed E-state index contributed by atoms with van der Waals surface area (Å²) >= 11 is 0. The molecule has 1 aromatic carbocycles. The number of carboxylic acids is 1. The van der Waals surface area contributed by atoms with Crippen LogP contribution in [0.3, 0.4) is 0 Å². The third-order valence-corrected chi connectivity index (χ3v) is 4.59. The zero-order chi connectivity index (χ0) is 22.1. The molecule has 0 bridgehead atoms. The van der Waals surface area contributed by atoms with E-state index in [0.717, 1.165) is 0 Å². The summed E-state index contributed by atoms with van der Waals surface area (Å²) in [6, 6.07) is 6.45. The van der Waals surface area contributed by atoms with Crippen LogP contribution in [0.4, 0.5) is 18.9 Å². The number of rotatable bonds is 7. The Morgan fingerprint density at radius 3 is 2.00 bits per heavy atom. The molecule has 1 rings (SSSR count). The fourth-order valence-corrected chi connectivity index (χ4v) is 2.47. The molecule has 0 fully saturated rings. The number of amides is 1. The Hall–Kier alpha value is -2.34. The van der Waals surface area contributed by atoms with Crippen LogP contribution in [0, 0.1) is 0 Å². The number of benzene rings is 1. The highest BCUT2D eigenvalue weighted by atomic mass is 32.2. The number of aliphatic carboxylic acids is 1. The predicted molar refractivity (Wildman–Crippen MR) is 98.4 cm³/mol. The number of halogens is 3. The van der Waals surface area contributed by atoms with Gasteiger partial charge in [-0.1, -0.05) is 0 Å². The van der Waals surface area contributed by atoms with Crippen molar-refractivity contribution in [3.05, 3.63) is 29.8 Å². The predicted octanol–water partition coefficient (Wildman–Crippen LogP) is 1.89. The fourth-order valence-electron chi connectivity index (χ4n) is 1.83.